The molecule has 30 heavy (non-hydrogen) atoms. The van der Waals surface area contributed by atoms with Gasteiger partial charge in [0.2, 0.25) is 11.4 Å². The molecule has 0 aliphatic carbocycles. The summed E-state index contributed by atoms with van der Waals surface area (Å²) in [5.41, 5.74) is -2.55. The maximum Gasteiger partial charge on any atom is 0.362 e. The van der Waals surface area contributed by atoms with E-state index in [0.717, 1.165) is 11.4 Å². The predicted molar refractivity (Wildman–Crippen MR) is 123 cm³/mol. The van der Waals surface area contributed by atoms with Gasteiger partial charge in [-0.25, -0.2) is 4.79 Å². The highest BCUT2D eigenvalue weighted by atomic mass is 32.9. The molecule has 0 amide bonds. The van der Waals surface area contributed by atoms with Gasteiger partial charge in [-0.15, -0.1) is 5.11 Å². The SMILES string of the molecule is CCOC(=O)/C(N=Nc1ccc(OC)cc1)=C(/O)CSP(=S)(OC(C)C)OC(C)C. The number of methoxy groups -OCH3 is 1. The fraction of sp³-hybridized carbons (Fsp3) is 0.526. The standard InChI is InChI=1S/C19H29N2O6PS2/c1-7-25-19(23)18(21-20-15-8-10-16(24-6)11-9-15)17(22)12-30-28(29,26-13(2)3)27-14(4)5/h8-11,13-14,22H,7,12H2,1-6H3/b18-17-,21-20?. The first kappa shape index (κ1) is 26.6. The van der Waals surface area contributed by atoms with Crippen molar-refractivity contribution in [2.45, 2.75) is 46.8 Å². The highest BCUT2D eigenvalue weighted by Crippen LogP contribution is 2.62. The number of hydrogen-bond donors (Lipinski definition) is 1. The van der Waals surface area contributed by atoms with Crippen LogP contribution in [0.15, 0.2) is 46.0 Å². The number of nitrogens with zero attached hydrogens (tertiary/aromatic N) is 2. The van der Waals surface area contributed by atoms with E-state index in [1.165, 1.54) is 0 Å². The van der Waals surface area contributed by atoms with Crippen molar-refractivity contribution in [1.29, 1.82) is 0 Å². The summed E-state index contributed by atoms with van der Waals surface area (Å²) in [7, 11) is 1.56. The third-order valence-electron chi connectivity index (χ3n) is 3.12. The van der Waals surface area contributed by atoms with Crippen molar-refractivity contribution in [3.05, 3.63) is 35.7 Å². The number of benzene rings is 1. The average Bonchev–Trinajstić information content (AvgIpc) is 2.66. The van der Waals surface area contributed by atoms with E-state index < -0.39 is 11.7 Å². The number of hydrogen-bond acceptors (Lipinski definition) is 10. The maximum atomic E-state index is 12.3. The van der Waals surface area contributed by atoms with Gasteiger partial charge in [0.25, 0.3) is 0 Å². The largest absolute Gasteiger partial charge is 0.509 e. The summed E-state index contributed by atoms with van der Waals surface area (Å²) < 4.78 is 21.7. The zero-order valence-corrected chi connectivity index (χ0v) is 20.6. The Labute approximate surface area is 187 Å². The van der Waals surface area contributed by atoms with E-state index in [2.05, 4.69) is 10.2 Å². The average molecular weight is 477 g/mol. The van der Waals surface area contributed by atoms with Gasteiger partial charge in [-0.3, -0.25) is 0 Å². The number of carbonyl (C=O) groups excluding carboxylic acids is 1. The lowest BCUT2D eigenvalue weighted by Gasteiger charge is -2.25. The Morgan fingerprint density at radius 2 is 1.73 bits per heavy atom. The van der Waals surface area contributed by atoms with Gasteiger partial charge in [-0.2, -0.15) is 5.11 Å². The summed E-state index contributed by atoms with van der Waals surface area (Å²) in [6.07, 6.45) is -0.292. The second-order valence-electron chi connectivity index (χ2n) is 6.44. The molecule has 0 heterocycles. The molecule has 0 spiro atoms. The van der Waals surface area contributed by atoms with Gasteiger partial charge < -0.3 is 23.6 Å². The van der Waals surface area contributed by atoms with E-state index >= 15 is 0 Å². The van der Waals surface area contributed by atoms with Crippen molar-refractivity contribution in [3.63, 3.8) is 0 Å². The van der Waals surface area contributed by atoms with Crippen LogP contribution in [0.2, 0.25) is 0 Å². The minimum atomic E-state index is -2.74. The number of aliphatic hydroxyl groups excluding tert-OH is 1. The Morgan fingerprint density at radius 3 is 2.20 bits per heavy atom. The monoisotopic (exact) mass is 476 g/mol. The maximum absolute atomic E-state index is 12.3. The van der Waals surface area contributed by atoms with Gasteiger partial charge in [0, 0.05) is 0 Å². The fourth-order valence-corrected chi connectivity index (χ4v) is 7.35. The number of carbonyl (C=O) groups is 1. The topological polar surface area (TPSA) is 98.9 Å². The summed E-state index contributed by atoms with van der Waals surface area (Å²) in [5.74, 6) is -0.470. The third kappa shape index (κ3) is 9.57. The van der Waals surface area contributed by atoms with E-state index in [1.807, 2.05) is 27.7 Å². The molecular formula is C19H29N2O6PS2. The quantitative estimate of drug-likeness (QED) is 0.130. The van der Waals surface area contributed by atoms with Gasteiger partial charge >= 0.3 is 5.97 Å². The second-order valence-corrected chi connectivity index (χ2v) is 12.7. The molecule has 0 aliphatic rings. The van der Waals surface area contributed by atoms with Crippen molar-refractivity contribution in [2.75, 3.05) is 19.5 Å². The second kappa shape index (κ2) is 13.1. The van der Waals surface area contributed by atoms with Gasteiger partial charge in [-0.1, -0.05) is 11.4 Å². The van der Waals surface area contributed by atoms with Crippen LogP contribution in [0.3, 0.4) is 0 Å². The lowest BCUT2D eigenvalue weighted by atomic mass is 10.3. The normalized spacial score (nSPS) is 13.1. The number of azo groups is 1. The Hall–Kier alpha value is -1.45. The lowest BCUT2D eigenvalue weighted by Crippen LogP contribution is -2.10. The number of ether oxygens (including phenoxy) is 2. The summed E-state index contributed by atoms with van der Waals surface area (Å²) >= 11 is 6.68. The zero-order chi connectivity index (χ0) is 22.7. The number of rotatable bonds is 12. The van der Waals surface area contributed by atoms with Crippen LogP contribution in [0.25, 0.3) is 0 Å². The first-order valence-corrected chi connectivity index (χ1v) is 13.6. The van der Waals surface area contributed by atoms with Gasteiger partial charge in [0.1, 0.15) is 11.5 Å². The van der Waals surface area contributed by atoms with Crippen LogP contribution in [0.1, 0.15) is 34.6 Å². The van der Waals surface area contributed by atoms with Crippen molar-refractivity contribution in [3.8, 4) is 5.75 Å². The van der Waals surface area contributed by atoms with E-state index in [1.54, 1.807) is 38.3 Å². The van der Waals surface area contributed by atoms with Crippen LogP contribution in [0.5, 0.6) is 5.75 Å². The van der Waals surface area contributed by atoms with Crippen molar-refractivity contribution in [1.82, 2.24) is 0 Å². The predicted octanol–water partition coefficient (Wildman–Crippen LogP) is 5.92. The Balaban J connectivity index is 3.09. The summed E-state index contributed by atoms with van der Waals surface area (Å²) in [6.45, 7) is 9.21. The highest BCUT2D eigenvalue weighted by molar-refractivity contribution is 8.68. The van der Waals surface area contributed by atoms with Crippen LogP contribution in [-0.4, -0.2) is 42.8 Å². The Kier molecular flexibility index (Phi) is 11.6. The van der Waals surface area contributed by atoms with Crippen LogP contribution >= 0.6 is 17.1 Å². The van der Waals surface area contributed by atoms with E-state index in [-0.39, 0.29) is 36.0 Å². The first-order valence-electron chi connectivity index (χ1n) is 9.36. The van der Waals surface area contributed by atoms with Crippen molar-refractivity contribution >= 4 is 40.5 Å². The number of esters is 1. The molecular weight excluding hydrogens is 447 g/mol. The first-order chi connectivity index (χ1) is 14.1. The third-order valence-corrected chi connectivity index (χ3v) is 8.52. The van der Waals surface area contributed by atoms with Crippen molar-refractivity contribution < 1.29 is 28.4 Å². The van der Waals surface area contributed by atoms with Gasteiger partial charge in [0.05, 0.1) is 37.4 Å². The van der Waals surface area contributed by atoms with Gasteiger partial charge in [-0.05, 0) is 70.7 Å². The molecule has 1 N–H and O–H groups in total. The Morgan fingerprint density at radius 1 is 1.17 bits per heavy atom. The molecule has 0 aromatic heterocycles. The van der Waals surface area contributed by atoms with E-state index in [4.69, 9.17) is 30.3 Å². The highest BCUT2D eigenvalue weighted by Gasteiger charge is 2.26. The Bertz CT molecular complexity index is 783. The molecule has 0 fully saturated rings. The molecule has 0 radical (unpaired) electrons. The molecule has 1 rings (SSSR count). The summed E-state index contributed by atoms with van der Waals surface area (Å²) in [5, 5.41) is 18.5. The molecule has 8 nitrogen and oxygen atoms in total. The molecule has 0 bridgehead atoms. The van der Waals surface area contributed by atoms with Gasteiger partial charge in [0.15, 0.2) is 0 Å². The zero-order valence-electron chi connectivity index (χ0n) is 18.0. The van der Waals surface area contributed by atoms with Crippen LogP contribution < -0.4 is 4.74 Å². The minimum Gasteiger partial charge on any atom is -0.509 e. The molecule has 168 valence electrons. The summed E-state index contributed by atoms with van der Waals surface area (Å²) in [6, 6.07) is 6.76. The van der Waals surface area contributed by atoms with Crippen molar-refractivity contribution in [2.24, 2.45) is 10.2 Å². The van der Waals surface area contributed by atoms with Crippen LogP contribution in [0.4, 0.5) is 5.69 Å². The molecule has 0 atom stereocenters. The molecule has 11 heteroatoms. The lowest BCUT2D eigenvalue weighted by molar-refractivity contribution is -0.138. The molecule has 0 saturated carbocycles. The van der Waals surface area contributed by atoms with Crippen LogP contribution in [-0.2, 0) is 30.4 Å². The smallest absolute Gasteiger partial charge is 0.362 e. The van der Waals surface area contributed by atoms with E-state index in [0.29, 0.717) is 11.4 Å². The molecule has 0 unspecified atom stereocenters. The number of aliphatic hydroxyl groups is 1. The molecule has 0 aliphatic heterocycles. The van der Waals surface area contributed by atoms with E-state index in [9.17, 15) is 9.90 Å². The summed E-state index contributed by atoms with van der Waals surface area (Å²) in [4.78, 5) is 12.3. The minimum absolute atomic E-state index is 0.0352. The fourth-order valence-electron chi connectivity index (χ4n) is 1.98. The molecule has 0 saturated heterocycles. The molecule has 1 aromatic carbocycles. The van der Waals surface area contributed by atoms with Crippen LogP contribution in [0, 0.1) is 0 Å². The molecule has 1 aromatic rings.